The van der Waals surface area contributed by atoms with E-state index in [1.54, 1.807) is 0 Å². The largest absolute Gasteiger partial charge is 0.361 e. The van der Waals surface area contributed by atoms with E-state index in [9.17, 15) is 0 Å². The van der Waals surface area contributed by atoms with E-state index in [2.05, 4.69) is 122 Å². The van der Waals surface area contributed by atoms with Gasteiger partial charge >= 0.3 is 0 Å². The number of fused-ring (bicyclic) bond motifs is 8. The molecule has 0 fully saturated rings. The lowest BCUT2D eigenvalue weighted by Crippen LogP contribution is -2.30. The summed E-state index contributed by atoms with van der Waals surface area (Å²) in [6, 6.07) is 18.4. The topological polar surface area (TPSA) is 63.2 Å². The summed E-state index contributed by atoms with van der Waals surface area (Å²) in [5, 5.41) is 0. The number of allylic oxidation sites excluding steroid dienone is 4. The third-order valence-electron chi connectivity index (χ3n) is 10.9. The maximum absolute atomic E-state index is 4.07. The molecule has 1 aliphatic heterocycles. The zero-order valence-electron chi connectivity index (χ0n) is 27.4. The smallest absolute Gasteiger partial charge is 0.0478 e. The fourth-order valence-corrected chi connectivity index (χ4v) is 7.38. The Morgan fingerprint density at radius 1 is 0.386 bits per heavy atom. The van der Waals surface area contributed by atoms with Crippen LogP contribution in [0, 0.1) is 0 Å². The Hall–Kier alpha value is -3.92. The second-order valence-corrected chi connectivity index (χ2v) is 13.8. The molecular formula is C40H52N4. The van der Waals surface area contributed by atoms with Crippen molar-refractivity contribution in [3.05, 3.63) is 145 Å². The van der Waals surface area contributed by atoms with Crippen molar-refractivity contribution < 1.29 is 0 Å². The molecule has 5 rings (SSSR count). The fraction of sp³-hybridized carbons (Fsp3) is 0.400. The van der Waals surface area contributed by atoms with E-state index in [0.717, 1.165) is 51.4 Å². The van der Waals surface area contributed by atoms with Crippen LogP contribution in [0.2, 0.25) is 0 Å². The zero-order chi connectivity index (χ0) is 31.6. The lowest BCUT2D eigenvalue weighted by Gasteiger charge is -2.33. The number of rotatable bonds is 12. The Morgan fingerprint density at radius 2 is 0.545 bits per heavy atom. The van der Waals surface area contributed by atoms with Crippen LogP contribution in [0.15, 0.2) is 99.2 Å². The molecule has 1 aliphatic rings. The standard InChI is InChI=1S/C40H52N4/c1-9-13-25-37(5)29-17-19-31(41-29)38(6,26-14-10-2)33-21-23-35(43-33)40(8,28-16-12-4)36-24-22-34(44-36)39(7,27-15-11-3)32-20-18-30(37)42-32/h9-12,17-24,41-44H,1-4,13-16,25-28H2,5-8H3. The molecule has 0 radical (unpaired) electrons. The highest BCUT2D eigenvalue weighted by Gasteiger charge is 2.40. The van der Waals surface area contributed by atoms with Gasteiger partial charge in [0.15, 0.2) is 0 Å². The highest BCUT2D eigenvalue weighted by molar-refractivity contribution is 5.44. The summed E-state index contributed by atoms with van der Waals surface area (Å²) < 4.78 is 0. The molecule has 0 aliphatic carbocycles. The van der Waals surface area contributed by atoms with Crippen LogP contribution in [0.5, 0.6) is 0 Å². The van der Waals surface area contributed by atoms with Gasteiger partial charge in [-0.25, -0.2) is 0 Å². The Kier molecular flexibility index (Phi) is 8.75. The molecule has 232 valence electrons. The van der Waals surface area contributed by atoms with Crippen LogP contribution in [0.4, 0.5) is 0 Å². The number of aromatic amines is 4. The number of hydrogen-bond acceptors (Lipinski definition) is 0. The SMILES string of the molecule is C=CCCC1(C)c2ccc([nH]2)C(C)(CCC=C)c2ccc([nH]2)C(C)(CCC=C)c2ccc([nH]2)C(C)(CCC=C)c2ccc1[nH]2. The molecule has 0 aromatic carbocycles. The van der Waals surface area contributed by atoms with Crippen LogP contribution >= 0.6 is 0 Å². The van der Waals surface area contributed by atoms with Gasteiger partial charge in [-0.15, -0.1) is 26.3 Å². The Labute approximate surface area is 264 Å². The molecule has 4 aromatic heterocycles. The predicted molar refractivity (Wildman–Crippen MR) is 187 cm³/mol. The van der Waals surface area contributed by atoms with Crippen molar-refractivity contribution in [2.24, 2.45) is 0 Å². The van der Waals surface area contributed by atoms with Crippen LogP contribution in [0.25, 0.3) is 0 Å². The summed E-state index contributed by atoms with van der Waals surface area (Å²) in [7, 11) is 0. The quantitative estimate of drug-likeness (QED) is 0.119. The van der Waals surface area contributed by atoms with E-state index >= 15 is 0 Å². The molecule has 44 heavy (non-hydrogen) atoms. The Bertz CT molecular complexity index is 1300. The van der Waals surface area contributed by atoms with E-state index in [0.29, 0.717) is 0 Å². The maximum atomic E-state index is 4.07. The van der Waals surface area contributed by atoms with Crippen molar-refractivity contribution in [1.29, 1.82) is 0 Å². The zero-order valence-corrected chi connectivity index (χ0v) is 27.4. The summed E-state index contributed by atoms with van der Waals surface area (Å²) in [6.45, 7) is 25.7. The summed E-state index contributed by atoms with van der Waals surface area (Å²) in [5.74, 6) is 0. The van der Waals surface area contributed by atoms with Crippen molar-refractivity contribution in [3.8, 4) is 0 Å². The van der Waals surface area contributed by atoms with Crippen LogP contribution in [-0.2, 0) is 21.7 Å². The van der Waals surface area contributed by atoms with Crippen LogP contribution in [-0.4, -0.2) is 19.9 Å². The molecule has 0 saturated carbocycles. The minimum atomic E-state index is -0.245. The summed E-state index contributed by atoms with van der Waals surface area (Å²) in [4.78, 5) is 15.8. The predicted octanol–water partition coefficient (Wildman–Crippen LogP) is 10.4. The third kappa shape index (κ3) is 5.23. The first kappa shape index (κ1) is 31.5. The van der Waals surface area contributed by atoms with Gasteiger partial charge in [0.25, 0.3) is 0 Å². The molecule has 4 nitrogen and oxygen atoms in total. The van der Waals surface area contributed by atoms with E-state index in [-0.39, 0.29) is 21.7 Å². The molecule has 8 bridgehead atoms. The van der Waals surface area contributed by atoms with Gasteiger partial charge in [-0.2, -0.15) is 0 Å². The summed E-state index contributed by atoms with van der Waals surface area (Å²) in [5.41, 5.74) is 8.78. The van der Waals surface area contributed by atoms with E-state index in [4.69, 9.17) is 0 Å². The Balaban J connectivity index is 1.80. The number of hydrogen-bond donors (Lipinski definition) is 4. The molecule has 0 saturated heterocycles. The van der Waals surface area contributed by atoms with Gasteiger partial charge < -0.3 is 19.9 Å². The minimum absolute atomic E-state index is 0.245. The van der Waals surface area contributed by atoms with Crippen LogP contribution in [0.1, 0.15) is 125 Å². The highest BCUT2D eigenvalue weighted by Crippen LogP contribution is 2.45. The lowest BCUT2D eigenvalue weighted by atomic mass is 9.78. The average Bonchev–Trinajstić information content (AvgIpc) is 3.85. The van der Waals surface area contributed by atoms with Gasteiger partial charge in [-0.3, -0.25) is 0 Å². The average molecular weight is 589 g/mol. The minimum Gasteiger partial charge on any atom is -0.361 e. The van der Waals surface area contributed by atoms with Gasteiger partial charge in [0.05, 0.1) is 0 Å². The molecule has 4 heteroatoms. The molecule has 0 amide bonds. The third-order valence-corrected chi connectivity index (χ3v) is 10.9. The van der Waals surface area contributed by atoms with Gasteiger partial charge in [0.1, 0.15) is 0 Å². The van der Waals surface area contributed by atoms with Crippen LogP contribution in [0.3, 0.4) is 0 Å². The molecular weight excluding hydrogens is 536 g/mol. The second kappa shape index (κ2) is 12.2. The van der Waals surface area contributed by atoms with Gasteiger partial charge in [-0.1, -0.05) is 24.3 Å². The lowest BCUT2D eigenvalue weighted by molar-refractivity contribution is 0.457. The molecule has 0 unspecified atom stereocenters. The first-order chi connectivity index (χ1) is 21.1. The van der Waals surface area contributed by atoms with Gasteiger partial charge in [0.2, 0.25) is 0 Å². The first-order valence-electron chi connectivity index (χ1n) is 16.3. The first-order valence-corrected chi connectivity index (χ1v) is 16.3. The summed E-state index contributed by atoms with van der Waals surface area (Å²) in [6.07, 6.45) is 15.6. The fourth-order valence-electron chi connectivity index (χ4n) is 7.38. The van der Waals surface area contributed by atoms with E-state index in [1.807, 2.05) is 24.3 Å². The van der Waals surface area contributed by atoms with Gasteiger partial charge in [-0.05, 0) is 128 Å². The molecule has 5 heterocycles. The molecule has 0 spiro atoms. The van der Waals surface area contributed by atoms with Crippen LogP contribution < -0.4 is 0 Å². The van der Waals surface area contributed by atoms with Crippen molar-refractivity contribution in [3.63, 3.8) is 0 Å². The van der Waals surface area contributed by atoms with Crippen molar-refractivity contribution >= 4 is 0 Å². The second-order valence-electron chi connectivity index (χ2n) is 13.8. The number of aromatic nitrogens is 4. The Morgan fingerprint density at radius 3 is 0.682 bits per heavy atom. The highest BCUT2D eigenvalue weighted by atomic mass is 14.9. The van der Waals surface area contributed by atoms with E-state index < -0.39 is 0 Å². The molecule has 4 N–H and O–H groups in total. The van der Waals surface area contributed by atoms with Gasteiger partial charge in [0, 0.05) is 67.2 Å². The maximum Gasteiger partial charge on any atom is 0.0478 e. The number of nitrogens with one attached hydrogen (secondary N) is 4. The molecule has 4 aromatic rings. The normalized spacial score (nSPS) is 26.3. The van der Waals surface area contributed by atoms with Crippen molar-refractivity contribution in [1.82, 2.24) is 19.9 Å². The summed E-state index contributed by atoms with van der Waals surface area (Å²) >= 11 is 0. The van der Waals surface area contributed by atoms with Crippen molar-refractivity contribution in [2.45, 2.75) is 101 Å². The number of H-pyrrole nitrogens is 4. The monoisotopic (exact) mass is 588 g/mol. The van der Waals surface area contributed by atoms with E-state index in [1.165, 1.54) is 45.6 Å². The molecule has 0 atom stereocenters. The van der Waals surface area contributed by atoms with Crippen molar-refractivity contribution in [2.75, 3.05) is 0 Å².